The van der Waals surface area contributed by atoms with Crippen molar-refractivity contribution in [3.63, 3.8) is 0 Å². The van der Waals surface area contributed by atoms with E-state index in [-0.39, 0.29) is 0 Å². The number of benzene rings is 6. The molecule has 0 unspecified atom stereocenters. The zero-order valence-electron chi connectivity index (χ0n) is 25.4. The van der Waals surface area contributed by atoms with Crippen LogP contribution in [0.3, 0.4) is 0 Å². The van der Waals surface area contributed by atoms with Crippen LogP contribution in [0.2, 0.25) is 0 Å². The molecule has 42 heavy (non-hydrogen) atoms. The Balaban J connectivity index is 2.04. The van der Waals surface area contributed by atoms with E-state index >= 15 is 0 Å². The average Bonchev–Trinajstić information content (AvgIpc) is 3.07. The normalized spacial score (nSPS) is 11.2. The van der Waals surface area contributed by atoms with Crippen molar-refractivity contribution in [3.8, 4) is 44.5 Å². The fraction of sp³-hybridized carbons (Fsp3) is 0.190. The second-order valence-corrected chi connectivity index (χ2v) is 11.0. The third-order valence-corrected chi connectivity index (χ3v) is 8.86. The van der Waals surface area contributed by atoms with E-state index in [9.17, 15) is 0 Å². The molecule has 0 bridgehead atoms. The molecule has 0 saturated heterocycles. The first-order valence-corrected chi connectivity index (χ1v) is 15.6. The Bertz CT molecular complexity index is 1680. The summed E-state index contributed by atoms with van der Waals surface area (Å²) in [5, 5.41) is 2.87. The maximum Gasteiger partial charge on any atom is -0.00140 e. The third kappa shape index (κ3) is 4.66. The van der Waals surface area contributed by atoms with Crippen LogP contribution in [-0.4, -0.2) is 0 Å². The van der Waals surface area contributed by atoms with E-state index in [1.165, 1.54) is 66.4 Å². The molecule has 6 aromatic carbocycles. The fourth-order valence-electron chi connectivity index (χ4n) is 7.23. The summed E-state index contributed by atoms with van der Waals surface area (Å²) in [5.74, 6) is 0. The summed E-state index contributed by atoms with van der Waals surface area (Å²) in [6, 6.07) is 44.4. The van der Waals surface area contributed by atoms with Crippen LogP contribution in [0.15, 0.2) is 121 Å². The summed E-state index contributed by atoms with van der Waals surface area (Å²) in [4.78, 5) is 0. The van der Waals surface area contributed by atoms with Gasteiger partial charge in [-0.2, -0.15) is 0 Å². The van der Waals surface area contributed by atoms with E-state index in [2.05, 4.69) is 149 Å². The summed E-state index contributed by atoms with van der Waals surface area (Å²) in [6.45, 7) is 9.39. The minimum absolute atomic E-state index is 1.00. The van der Waals surface area contributed by atoms with Crippen LogP contribution in [0.5, 0.6) is 0 Å². The van der Waals surface area contributed by atoms with Gasteiger partial charge in [-0.1, -0.05) is 149 Å². The van der Waals surface area contributed by atoms with Crippen molar-refractivity contribution in [1.29, 1.82) is 0 Å². The van der Waals surface area contributed by atoms with Crippen molar-refractivity contribution in [1.82, 2.24) is 0 Å². The lowest BCUT2D eigenvalue weighted by Crippen LogP contribution is -2.08. The molecule has 0 heteroatoms. The molecular formula is C42H40. The SMILES string of the molecule is CCc1c(CC)c(CC)c2c(-c3ccccc3)c(-c3ccccc3)c(-c3ccccc3)c(-c3ccccc3)c2c1CC. The van der Waals surface area contributed by atoms with E-state index < -0.39 is 0 Å². The maximum atomic E-state index is 2.35. The van der Waals surface area contributed by atoms with Crippen molar-refractivity contribution < 1.29 is 0 Å². The van der Waals surface area contributed by atoms with E-state index in [4.69, 9.17) is 0 Å². The Kier molecular flexibility index (Phi) is 8.06. The molecule has 0 nitrogen and oxygen atoms in total. The minimum Gasteiger partial charge on any atom is -0.0622 e. The molecule has 0 aliphatic rings. The molecule has 0 saturated carbocycles. The Morgan fingerprint density at radius 1 is 0.286 bits per heavy atom. The van der Waals surface area contributed by atoms with Crippen molar-refractivity contribution >= 4 is 10.8 Å². The van der Waals surface area contributed by atoms with Crippen molar-refractivity contribution in [3.05, 3.63) is 144 Å². The summed E-state index contributed by atoms with van der Waals surface area (Å²) in [7, 11) is 0. The van der Waals surface area contributed by atoms with Gasteiger partial charge in [-0.3, -0.25) is 0 Å². The van der Waals surface area contributed by atoms with Crippen LogP contribution in [0.25, 0.3) is 55.3 Å². The molecule has 0 heterocycles. The number of fused-ring (bicyclic) bond motifs is 1. The van der Waals surface area contributed by atoms with Crippen LogP contribution in [0.1, 0.15) is 49.9 Å². The summed E-state index contributed by atoms with van der Waals surface area (Å²) < 4.78 is 0. The number of aryl methyl sites for hydroxylation is 2. The van der Waals surface area contributed by atoms with Crippen molar-refractivity contribution in [2.24, 2.45) is 0 Å². The predicted octanol–water partition coefficient (Wildman–Crippen LogP) is 11.8. The highest BCUT2D eigenvalue weighted by molar-refractivity contribution is 6.20. The van der Waals surface area contributed by atoms with Gasteiger partial charge in [0.25, 0.3) is 0 Å². The highest BCUT2D eigenvalue weighted by Gasteiger charge is 2.28. The van der Waals surface area contributed by atoms with Gasteiger partial charge in [-0.05, 0) is 103 Å². The summed E-state index contributed by atoms with van der Waals surface area (Å²) in [6.07, 6.45) is 4.10. The van der Waals surface area contributed by atoms with Gasteiger partial charge in [0.05, 0.1) is 0 Å². The predicted molar refractivity (Wildman–Crippen MR) is 183 cm³/mol. The number of rotatable bonds is 8. The molecule has 0 aliphatic carbocycles. The Morgan fingerprint density at radius 2 is 0.524 bits per heavy atom. The van der Waals surface area contributed by atoms with Gasteiger partial charge in [0.15, 0.2) is 0 Å². The lowest BCUT2D eigenvalue weighted by atomic mass is 9.73. The van der Waals surface area contributed by atoms with Crippen molar-refractivity contribution in [2.45, 2.75) is 53.4 Å². The monoisotopic (exact) mass is 544 g/mol. The Hall–Kier alpha value is -4.42. The van der Waals surface area contributed by atoms with E-state index in [1.54, 1.807) is 11.1 Å². The molecule has 6 aromatic rings. The highest BCUT2D eigenvalue weighted by atomic mass is 14.3. The molecule has 0 N–H and O–H groups in total. The zero-order valence-corrected chi connectivity index (χ0v) is 25.4. The lowest BCUT2D eigenvalue weighted by molar-refractivity contribution is 0.961. The molecule has 208 valence electrons. The van der Waals surface area contributed by atoms with Gasteiger partial charge in [0.1, 0.15) is 0 Å². The van der Waals surface area contributed by atoms with Gasteiger partial charge >= 0.3 is 0 Å². The second-order valence-electron chi connectivity index (χ2n) is 11.0. The first kappa shape index (κ1) is 27.7. The van der Waals surface area contributed by atoms with Crippen LogP contribution in [-0.2, 0) is 25.7 Å². The topological polar surface area (TPSA) is 0 Å². The van der Waals surface area contributed by atoms with Crippen LogP contribution in [0, 0.1) is 0 Å². The second kappa shape index (κ2) is 12.2. The molecule has 0 aromatic heterocycles. The molecule has 0 atom stereocenters. The minimum atomic E-state index is 1.00. The van der Waals surface area contributed by atoms with Gasteiger partial charge in [-0.15, -0.1) is 0 Å². The highest BCUT2D eigenvalue weighted by Crippen LogP contribution is 2.53. The average molecular weight is 545 g/mol. The van der Waals surface area contributed by atoms with Crippen LogP contribution in [0.4, 0.5) is 0 Å². The van der Waals surface area contributed by atoms with Gasteiger partial charge in [-0.25, -0.2) is 0 Å². The maximum absolute atomic E-state index is 2.35. The molecule has 6 rings (SSSR count). The Morgan fingerprint density at radius 3 is 0.762 bits per heavy atom. The largest absolute Gasteiger partial charge is 0.0622 e. The zero-order chi connectivity index (χ0) is 29.1. The molecule has 0 amide bonds. The fourth-order valence-corrected chi connectivity index (χ4v) is 7.23. The lowest BCUT2D eigenvalue weighted by Gasteiger charge is -2.30. The van der Waals surface area contributed by atoms with Gasteiger partial charge in [0, 0.05) is 0 Å². The first-order chi connectivity index (χ1) is 20.7. The third-order valence-electron chi connectivity index (χ3n) is 8.86. The summed E-state index contributed by atoms with van der Waals surface area (Å²) >= 11 is 0. The number of hydrogen-bond donors (Lipinski definition) is 0. The standard InChI is InChI=1S/C42H40/c1-5-33-34(6-2)36(8-4)42-40(32-27-19-12-20-28-32)38(30-23-15-10-16-24-30)37(29-21-13-9-14-22-29)39(41(42)35(33)7-3)31-25-17-11-18-26-31/h9-28H,5-8H2,1-4H3. The van der Waals surface area contributed by atoms with Crippen molar-refractivity contribution in [2.75, 3.05) is 0 Å². The quantitative estimate of drug-likeness (QED) is 0.179. The van der Waals surface area contributed by atoms with E-state index in [1.807, 2.05) is 0 Å². The molecule has 0 radical (unpaired) electrons. The number of hydrogen-bond acceptors (Lipinski definition) is 0. The molecular weight excluding hydrogens is 504 g/mol. The van der Waals surface area contributed by atoms with E-state index in [0.29, 0.717) is 0 Å². The smallest absolute Gasteiger partial charge is 0.00140 e. The first-order valence-electron chi connectivity index (χ1n) is 15.6. The van der Waals surface area contributed by atoms with E-state index in [0.717, 1.165) is 25.7 Å². The Labute approximate surface area is 251 Å². The van der Waals surface area contributed by atoms with Gasteiger partial charge in [0.2, 0.25) is 0 Å². The molecule has 0 aliphatic heterocycles. The van der Waals surface area contributed by atoms with Crippen LogP contribution >= 0.6 is 0 Å². The molecule has 0 spiro atoms. The molecule has 0 fully saturated rings. The summed E-state index contributed by atoms with van der Waals surface area (Å²) in [5.41, 5.74) is 16.5. The van der Waals surface area contributed by atoms with Crippen LogP contribution < -0.4 is 0 Å². The van der Waals surface area contributed by atoms with Gasteiger partial charge < -0.3 is 0 Å².